The third kappa shape index (κ3) is 5.54. The Morgan fingerprint density at radius 3 is 2.79 bits per heavy atom. The van der Waals surface area contributed by atoms with Crippen molar-refractivity contribution in [3.8, 4) is 0 Å². The van der Waals surface area contributed by atoms with E-state index in [1.165, 1.54) is 0 Å². The Kier molecular flexibility index (Phi) is 6.17. The van der Waals surface area contributed by atoms with Gasteiger partial charge in [-0.2, -0.15) is 13.2 Å². The average Bonchev–Trinajstić information content (AvgIpc) is 3.31. The summed E-state index contributed by atoms with van der Waals surface area (Å²) < 4.78 is 38.2. The molecule has 2 aromatic heterocycles. The van der Waals surface area contributed by atoms with E-state index in [1.807, 2.05) is 17.5 Å². The van der Waals surface area contributed by atoms with E-state index in [4.69, 9.17) is 0 Å². The highest BCUT2D eigenvalue weighted by Crippen LogP contribution is 2.35. The van der Waals surface area contributed by atoms with Crippen LogP contribution in [0.1, 0.15) is 16.3 Å². The first-order valence-corrected chi connectivity index (χ1v) is 9.81. The standard InChI is InChI=1S/C16H12F3N5O3S2/c17-16(18,19)9-3-4-11(12(6-9)24(26)27)20-14(25)8-29-15-21-13(22-23-15)7-10-2-1-5-28-10/h1-6H,7-8H2,(H,20,25)(H,21,22,23). The van der Waals surface area contributed by atoms with Gasteiger partial charge < -0.3 is 5.32 Å². The maximum absolute atomic E-state index is 12.7. The number of hydrogen-bond donors (Lipinski definition) is 2. The van der Waals surface area contributed by atoms with Gasteiger partial charge in [-0.3, -0.25) is 20.0 Å². The van der Waals surface area contributed by atoms with Crippen LogP contribution < -0.4 is 5.32 Å². The van der Waals surface area contributed by atoms with Crippen molar-refractivity contribution in [3.63, 3.8) is 0 Å². The number of thiophene rings is 1. The molecule has 1 amide bonds. The largest absolute Gasteiger partial charge is 0.416 e. The number of halogens is 3. The molecule has 0 atom stereocenters. The zero-order chi connectivity index (χ0) is 21.0. The van der Waals surface area contributed by atoms with Crippen LogP contribution in [-0.2, 0) is 17.4 Å². The van der Waals surface area contributed by atoms with Crippen molar-refractivity contribution in [2.24, 2.45) is 0 Å². The van der Waals surface area contributed by atoms with E-state index in [1.54, 1.807) is 11.3 Å². The Balaban J connectivity index is 1.61. The van der Waals surface area contributed by atoms with Gasteiger partial charge in [0.15, 0.2) is 0 Å². The number of anilines is 1. The normalized spacial score (nSPS) is 11.4. The number of nitrogens with one attached hydrogen (secondary N) is 2. The first-order valence-electron chi connectivity index (χ1n) is 7.94. The zero-order valence-corrected chi connectivity index (χ0v) is 16.0. The monoisotopic (exact) mass is 443 g/mol. The van der Waals surface area contributed by atoms with Crippen LogP contribution in [0, 0.1) is 10.1 Å². The maximum atomic E-state index is 12.7. The molecule has 0 aliphatic rings. The third-order valence-corrected chi connectivity index (χ3v) is 5.28. The number of thioether (sulfide) groups is 1. The molecule has 0 aliphatic carbocycles. The number of rotatable bonds is 7. The highest BCUT2D eigenvalue weighted by atomic mass is 32.2. The molecule has 3 rings (SSSR count). The number of hydrogen-bond acceptors (Lipinski definition) is 7. The molecule has 0 unspecified atom stereocenters. The summed E-state index contributed by atoms with van der Waals surface area (Å²) in [6, 6.07) is 5.77. The van der Waals surface area contributed by atoms with Gasteiger partial charge in [-0.05, 0) is 23.6 Å². The van der Waals surface area contributed by atoms with Gasteiger partial charge in [-0.1, -0.05) is 17.8 Å². The van der Waals surface area contributed by atoms with Gasteiger partial charge in [-0.15, -0.1) is 16.4 Å². The van der Waals surface area contributed by atoms with Gasteiger partial charge in [0.1, 0.15) is 11.5 Å². The summed E-state index contributed by atoms with van der Waals surface area (Å²) in [7, 11) is 0. The van der Waals surface area contributed by atoms with Crippen LogP contribution in [0.15, 0.2) is 40.9 Å². The van der Waals surface area contributed by atoms with Crippen molar-refractivity contribution in [1.82, 2.24) is 15.2 Å². The van der Waals surface area contributed by atoms with Gasteiger partial charge in [0.25, 0.3) is 5.69 Å². The smallest absolute Gasteiger partial charge is 0.320 e. The van der Waals surface area contributed by atoms with E-state index >= 15 is 0 Å². The number of nitrogens with zero attached hydrogens (tertiary/aromatic N) is 3. The Bertz CT molecular complexity index is 1020. The van der Waals surface area contributed by atoms with Crippen LogP contribution in [0.2, 0.25) is 0 Å². The summed E-state index contributed by atoms with van der Waals surface area (Å²) >= 11 is 2.56. The number of aromatic nitrogens is 3. The molecule has 152 valence electrons. The second kappa shape index (κ2) is 8.61. The van der Waals surface area contributed by atoms with Crippen LogP contribution in [-0.4, -0.2) is 31.8 Å². The molecular weight excluding hydrogens is 431 g/mol. The molecular formula is C16H12F3N5O3S2. The van der Waals surface area contributed by atoms with E-state index in [0.717, 1.165) is 22.7 Å². The minimum atomic E-state index is -4.73. The number of alkyl halides is 3. The average molecular weight is 443 g/mol. The zero-order valence-electron chi connectivity index (χ0n) is 14.4. The lowest BCUT2D eigenvalue weighted by atomic mass is 10.1. The molecule has 0 saturated heterocycles. The van der Waals surface area contributed by atoms with Gasteiger partial charge in [0, 0.05) is 17.4 Å². The number of amides is 1. The molecule has 29 heavy (non-hydrogen) atoms. The summed E-state index contributed by atoms with van der Waals surface area (Å²) in [6.45, 7) is 0. The van der Waals surface area contributed by atoms with Crippen molar-refractivity contribution in [3.05, 3.63) is 62.1 Å². The topological polar surface area (TPSA) is 114 Å². The first kappa shape index (κ1) is 20.8. The second-order valence-corrected chi connectivity index (χ2v) is 7.62. The molecule has 0 aliphatic heterocycles. The molecule has 0 bridgehead atoms. The Morgan fingerprint density at radius 1 is 1.34 bits per heavy atom. The molecule has 3 aromatic rings. The number of carbonyl (C=O) groups excluding carboxylic acids is 1. The molecule has 13 heteroatoms. The number of H-pyrrole nitrogens is 1. The quantitative estimate of drug-likeness (QED) is 0.323. The van der Waals surface area contributed by atoms with Crippen LogP contribution in [0.3, 0.4) is 0 Å². The van der Waals surface area contributed by atoms with Crippen molar-refractivity contribution in [2.45, 2.75) is 17.8 Å². The lowest BCUT2D eigenvalue weighted by molar-refractivity contribution is -0.384. The van der Waals surface area contributed by atoms with Crippen LogP contribution in [0.4, 0.5) is 24.5 Å². The van der Waals surface area contributed by atoms with Gasteiger partial charge in [0.05, 0.1) is 16.2 Å². The summed E-state index contributed by atoms with van der Waals surface area (Å²) in [4.78, 5) is 27.5. The van der Waals surface area contributed by atoms with Gasteiger partial charge in [-0.25, -0.2) is 4.98 Å². The Morgan fingerprint density at radius 2 is 2.14 bits per heavy atom. The molecule has 8 nitrogen and oxygen atoms in total. The SMILES string of the molecule is O=C(CSc1n[nH]c(Cc2cccs2)n1)Nc1ccc(C(F)(F)F)cc1[N+](=O)[O-]. The van der Waals surface area contributed by atoms with Crippen LogP contribution in [0.25, 0.3) is 0 Å². The van der Waals surface area contributed by atoms with Crippen molar-refractivity contribution in [2.75, 3.05) is 11.1 Å². The minimum absolute atomic E-state index is 0.172. The molecule has 0 saturated carbocycles. The van der Waals surface area contributed by atoms with E-state index in [2.05, 4.69) is 20.5 Å². The predicted molar refractivity (Wildman–Crippen MR) is 101 cm³/mol. The van der Waals surface area contributed by atoms with E-state index in [-0.39, 0.29) is 11.4 Å². The first-order chi connectivity index (χ1) is 13.7. The fourth-order valence-corrected chi connectivity index (χ4v) is 3.61. The number of carbonyl (C=O) groups is 1. The number of nitro groups is 1. The predicted octanol–water partition coefficient (Wildman–Crippen LogP) is 4.11. The van der Waals surface area contributed by atoms with Crippen molar-refractivity contribution >= 4 is 40.4 Å². The molecule has 0 radical (unpaired) electrons. The van der Waals surface area contributed by atoms with Gasteiger partial charge >= 0.3 is 6.18 Å². The number of nitro benzene ring substituents is 1. The van der Waals surface area contributed by atoms with Gasteiger partial charge in [0.2, 0.25) is 11.1 Å². The molecule has 1 aromatic carbocycles. The summed E-state index contributed by atoms with van der Waals surface area (Å²) in [5.41, 5.74) is -2.33. The fraction of sp³-hybridized carbons (Fsp3) is 0.188. The van der Waals surface area contributed by atoms with E-state index in [9.17, 15) is 28.1 Å². The number of benzene rings is 1. The third-order valence-electron chi connectivity index (χ3n) is 3.56. The number of aromatic amines is 1. The van der Waals surface area contributed by atoms with E-state index < -0.39 is 28.3 Å². The summed E-state index contributed by atoms with van der Waals surface area (Å²) in [5, 5.41) is 22.3. The lowest BCUT2D eigenvalue weighted by Gasteiger charge is -2.09. The molecule has 0 spiro atoms. The molecule has 2 N–H and O–H groups in total. The Hall–Kier alpha value is -2.93. The minimum Gasteiger partial charge on any atom is -0.320 e. The van der Waals surface area contributed by atoms with E-state index in [0.29, 0.717) is 29.5 Å². The van der Waals surface area contributed by atoms with Crippen LogP contribution in [0.5, 0.6) is 0 Å². The molecule has 0 fully saturated rings. The Labute approximate surface area is 169 Å². The second-order valence-electron chi connectivity index (χ2n) is 5.64. The van der Waals surface area contributed by atoms with Crippen molar-refractivity contribution < 1.29 is 22.9 Å². The molecule has 2 heterocycles. The fourth-order valence-electron chi connectivity index (χ4n) is 2.28. The highest BCUT2D eigenvalue weighted by Gasteiger charge is 2.33. The summed E-state index contributed by atoms with van der Waals surface area (Å²) in [5.74, 6) is -0.190. The highest BCUT2D eigenvalue weighted by molar-refractivity contribution is 7.99. The van der Waals surface area contributed by atoms with Crippen molar-refractivity contribution in [1.29, 1.82) is 0 Å². The summed E-state index contributed by atoms with van der Waals surface area (Å²) in [6.07, 6.45) is -4.16. The lowest BCUT2D eigenvalue weighted by Crippen LogP contribution is -2.16. The van der Waals surface area contributed by atoms with Crippen LogP contribution >= 0.6 is 23.1 Å². The maximum Gasteiger partial charge on any atom is 0.416 e.